The second-order valence-electron chi connectivity index (χ2n) is 4.41. The fraction of sp³-hybridized carbons (Fsp3) is 0.385. The van der Waals surface area contributed by atoms with Crippen LogP contribution in [0.5, 0.6) is 0 Å². The number of halogens is 2. The molecule has 1 N–H and O–H groups in total. The summed E-state index contributed by atoms with van der Waals surface area (Å²) in [5.74, 6) is -0.318. The van der Waals surface area contributed by atoms with Gasteiger partial charge < -0.3 is 9.84 Å². The first-order chi connectivity index (χ1) is 9.08. The molecule has 4 nitrogen and oxygen atoms in total. The smallest absolute Gasteiger partial charge is 0.231 e. The summed E-state index contributed by atoms with van der Waals surface area (Å²) in [6.07, 6.45) is 0.791. The molecule has 2 aromatic rings. The summed E-state index contributed by atoms with van der Waals surface area (Å²) in [6.45, 7) is 2.00. The molecule has 0 saturated heterocycles. The third-order valence-corrected chi connectivity index (χ3v) is 2.85. The molecule has 0 spiro atoms. The molecule has 0 radical (unpaired) electrons. The zero-order valence-corrected chi connectivity index (χ0v) is 10.8. The van der Waals surface area contributed by atoms with Crippen LogP contribution in [0.15, 0.2) is 22.7 Å². The van der Waals surface area contributed by atoms with E-state index in [1.807, 2.05) is 14.0 Å². The zero-order valence-electron chi connectivity index (χ0n) is 10.8. The normalized spacial score (nSPS) is 12.6. The van der Waals surface area contributed by atoms with Gasteiger partial charge in [-0.15, -0.1) is 0 Å². The van der Waals surface area contributed by atoms with Crippen LogP contribution in [0.25, 0.3) is 0 Å². The number of hydrogen-bond donors (Lipinski definition) is 1. The molecular weight excluding hydrogens is 252 g/mol. The van der Waals surface area contributed by atoms with Gasteiger partial charge >= 0.3 is 0 Å². The van der Waals surface area contributed by atoms with Crippen LogP contribution in [0.4, 0.5) is 8.78 Å². The molecular formula is C13H15F2N3O. The molecule has 0 bridgehead atoms. The van der Waals surface area contributed by atoms with Gasteiger partial charge in [-0.1, -0.05) is 11.2 Å². The highest BCUT2D eigenvalue weighted by molar-refractivity contribution is 5.21. The maximum absolute atomic E-state index is 13.5. The predicted octanol–water partition coefficient (Wildman–Crippen LogP) is 2.09. The Bertz CT molecular complexity index is 557. The summed E-state index contributed by atoms with van der Waals surface area (Å²) in [6, 6.07) is 3.66. The quantitative estimate of drug-likeness (QED) is 0.901. The molecule has 102 valence electrons. The van der Waals surface area contributed by atoms with Crippen molar-refractivity contribution in [1.82, 2.24) is 15.5 Å². The van der Waals surface area contributed by atoms with Crippen LogP contribution in [0.1, 0.15) is 24.2 Å². The van der Waals surface area contributed by atoms with Crippen LogP contribution in [-0.4, -0.2) is 23.2 Å². The van der Waals surface area contributed by atoms with E-state index >= 15 is 0 Å². The minimum absolute atomic E-state index is 0.160. The van der Waals surface area contributed by atoms with E-state index in [9.17, 15) is 8.78 Å². The largest absolute Gasteiger partial charge is 0.339 e. The monoisotopic (exact) mass is 267 g/mol. The molecule has 0 aliphatic rings. The molecule has 1 heterocycles. The van der Waals surface area contributed by atoms with Crippen LogP contribution < -0.4 is 5.32 Å². The second kappa shape index (κ2) is 5.88. The molecule has 0 saturated carbocycles. The zero-order chi connectivity index (χ0) is 13.8. The second-order valence-corrected chi connectivity index (χ2v) is 4.41. The SMILES string of the molecule is CNC(C)Cc1noc(Cc2ccc(F)cc2F)n1. The Kier molecular flexibility index (Phi) is 4.21. The Hall–Kier alpha value is -1.82. The van der Waals surface area contributed by atoms with E-state index in [2.05, 4.69) is 15.5 Å². The average molecular weight is 267 g/mol. The van der Waals surface area contributed by atoms with E-state index in [0.29, 0.717) is 23.7 Å². The van der Waals surface area contributed by atoms with Crippen LogP contribution in [0.3, 0.4) is 0 Å². The van der Waals surface area contributed by atoms with Crippen molar-refractivity contribution in [2.24, 2.45) is 0 Å². The number of rotatable bonds is 5. The Morgan fingerprint density at radius 3 is 2.84 bits per heavy atom. The number of benzene rings is 1. The molecule has 1 aromatic heterocycles. The van der Waals surface area contributed by atoms with E-state index in [4.69, 9.17) is 4.52 Å². The van der Waals surface area contributed by atoms with Crippen molar-refractivity contribution in [2.45, 2.75) is 25.8 Å². The van der Waals surface area contributed by atoms with E-state index in [0.717, 1.165) is 6.07 Å². The highest BCUT2D eigenvalue weighted by atomic mass is 19.1. The van der Waals surface area contributed by atoms with Gasteiger partial charge in [0.25, 0.3) is 0 Å². The highest BCUT2D eigenvalue weighted by Gasteiger charge is 2.12. The Labute approximate surface area is 109 Å². The van der Waals surface area contributed by atoms with Gasteiger partial charge in [0.1, 0.15) is 11.6 Å². The van der Waals surface area contributed by atoms with Crippen LogP contribution in [0.2, 0.25) is 0 Å². The molecule has 6 heteroatoms. The summed E-state index contributed by atoms with van der Waals surface area (Å²) in [5.41, 5.74) is 0.332. The minimum atomic E-state index is -0.608. The lowest BCUT2D eigenvalue weighted by molar-refractivity contribution is 0.376. The lowest BCUT2D eigenvalue weighted by atomic mass is 10.1. The van der Waals surface area contributed by atoms with E-state index in [1.54, 1.807) is 0 Å². The van der Waals surface area contributed by atoms with Crippen LogP contribution in [0, 0.1) is 11.6 Å². The van der Waals surface area contributed by atoms with Crippen molar-refractivity contribution < 1.29 is 13.3 Å². The van der Waals surface area contributed by atoms with E-state index in [-0.39, 0.29) is 12.5 Å². The van der Waals surface area contributed by atoms with Crippen molar-refractivity contribution in [1.29, 1.82) is 0 Å². The summed E-state index contributed by atoms with van der Waals surface area (Å²) in [7, 11) is 1.85. The average Bonchev–Trinajstić information content (AvgIpc) is 2.80. The molecule has 1 aromatic carbocycles. The first kappa shape index (κ1) is 13.6. The van der Waals surface area contributed by atoms with Crippen LogP contribution >= 0.6 is 0 Å². The van der Waals surface area contributed by atoms with E-state index < -0.39 is 11.6 Å². The fourth-order valence-corrected chi connectivity index (χ4v) is 1.65. The number of nitrogens with zero attached hydrogens (tertiary/aromatic N) is 2. The number of hydrogen-bond acceptors (Lipinski definition) is 4. The summed E-state index contributed by atoms with van der Waals surface area (Å²) in [4.78, 5) is 4.18. The van der Waals surface area contributed by atoms with Gasteiger partial charge in [-0.05, 0) is 25.6 Å². The topological polar surface area (TPSA) is 51.0 Å². The molecule has 1 unspecified atom stereocenters. The molecule has 0 amide bonds. The summed E-state index contributed by atoms with van der Waals surface area (Å²) < 4.78 is 31.3. The molecule has 0 aliphatic carbocycles. The predicted molar refractivity (Wildman–Crippen MR) is 65.7 cm³/mol. The molecule has 19 heavy (non-hydrogen) atoms. The van der Waals surface area contributed by atoms with Gasteiger partial charge in [-0.3, -0.25) is 0 Å². The third-order valence-electron chi connectivity index (χ3n) is 2.85. The number of nitrogens with one attached hydrogen (secondary N) is 1. The van der Waals surface area contributed by atoms with Crippen molar-refractivity contribution >= 4 is 0 Å². The van der Waals surface area contributed by atoms with Crippen LogP contribution in [-0.2, 0) is 12.8 Å². The first-order valence-corrected chi connectivity index (χ1v) is 6.01. The van der Waals surface area contributed by atoms with Gasteiger partial charge in [0.2, 0.25) is 5.89 Å². The summed E-state index contributed by atoms with van der Waals surface area (Å²) >= 11 is 0. The minimum Gasteiger partial charge on any atom is -0.339 e. The lowest BCUT2D eigenvalue weighted by Gasteiger charge is -2.04. The van der Waals surface area contributed by atoms with Gasteiger partial charge in [-0.25, -0.2) is 8.78 Å². The van der Waals surface area contributed by atoms with Crippen molar-refractivity contribution in [2.75, 3.05) is 7.05 Å². The van der Waals surface area contributed by atoms with Crippen molar-refractivity contribution in [3.63, 3.8) is 0 Å². The maximum atomic E-state index is 13.5. The Morgan fingerprint density at radius 1 is 1.37 bits per heavy atom. The third kappa shape index (κ3) is 3.57. The van der Waals surface area contributed by atoms with Gasteiger partial charge in [0.05, 0.1) is 6.42 Å². The first-order valence-electron chi connectivity index (χ1n) is 6.01. The lowest BCUT2D eigenvalue weighted by Crippen LogP contribution is -2.24. The molecule has 0 aliphatic heterocycles. The van der Waals surface area contributed by atoms with Gasteiger partial charge in [0.15, 0.2) is 5.82 Å². The van der Waals surface area contributed by atoms with E-state index in [1.165, 1.54) is 12.1 Å². The van der Waals surface area contributed by atoms with Crippen molar-refractivity contribution in [3.8, 4) is 0 Å². The molecule has 1 atom stereocenters. The molecule has 2 rings (SSSR count). The molecule has 0 fully saturated rings. The summed E-state index contributed by atoms with van der Waals surface area (Å²) in [5, 5.41) is 6.89. The standard InChI is InChI=1S/C13H15F2N3O/c1-8(16-2)5-12-17-13(19-18-12)6-9-3-4-10(14)7-11(9)15/h3-4,7-8,16H,5-6H2,1-2H3. The Balaban J connectivity index is 2.07. The highest BCUT2D eigenvalue weighted by Crippen LogP contribution is 2.14. The van der Waals surface area contributed by atoms with Crippen molar-refractivity contribution in [3.05, 3.63) is 47.1 Å². The number of aromatic nitrogens is 2. The van der Waals surface area contributed by atoms with Gasteiger partial charge in [-0.2, -0.15) is 4.98 Å². The fourth-order valence-electron chi connectivity index (χ4n) is 1.65. The van der Waals surface area contributed by atoms with Gasteiger partial charge in [0, 0.05) is 18.5 Å². The maximum Gasteiger partial charge on any atom is 0.231 e. The number of likely N-dealkylation sites (N-methyl/N-ethyl adjacent to an activating group) is 1. The Morgan fingerprint density at radius 2 is 2.16 bits per heavy atom.